The van der Waals surface area contributed by atoms with E-state index in [2.05, 4.69) is 33.9 Å². The predicted molar refractivity (Wildman–Crippen MR) is 269 cm³/mol. The van der Waals surface area contributed by atoms with Gasteiger partial charge in [0.05, 0.1) is 45.6 Å². The van der Waals surface area contributed by atoms with Gasteiger partial charge in [-0.1, -0.05) is 31.7 Å². The summed E-state index contributed by atoms with van der Waals surface area (Å²) in [6, 6.07) is 20.6. The molecule has 0 radical (unpaired) electrons. The van der Waals surface area contributed by atoms with Crippen molar-refractivity contribution in [3.8, 4) is 17.6 Å². The second-order valence-electron chi connectivity index (χ2n) is 18.7. The van der Waals surface area contributed by atoms with E-state index in [9.17, 15) is 39.3 Å². The zero-order valence-corrected chi connectivity index (χ0v) is 41.0. The highest BCUT2D eigenvalue weighted by Gasteiger charge is 2.47. The molecule has 1 aliphatic rings. The Kier molecular flexibility index (Phi) is 15.6. The molecule has 6 rings (SSSR count). The molecule has 1 aliphatic carbocycles. The third kappa shape index (κ3) is 12.2. The molecular weight excluding hydrogens is 909 g/mol. The van der Waals surface area contributed by atoms with E-state index in [1.165, 1.54) is 68.5 Å². The van der Waals surface area contributed by atoms with Crippen molar-refractivity contribution in [3.05, 3.63) is 147 Å². The molecule has 0 bridgehead atoms. The largest absolute Gasteiger partial charge is 0.485 e. The van der Waals surface area contributed by atoms with Gasteiger partial charge in [0.25, 0.3) is 17.7 Å². The molecule has 2 atom stereocenters. The first kappa shape index (κ1) is 51.8. The number of nitrogens with zero attached hydrogens (tertiary/aromatic N) is 4. The first-order valence-electron chi connectivity index (χ1n) is 22.7. The summed E-state index contributed by atoms with van der Waals surface area (Å²) in [7, 11) is 1.86. The van der Waals surface area contributed by atoms with Gasteiger partial charge in [0.15, 0.2) is 17.5 Å². The lowest BCUT2D eigenvalue weighted by atomic mass is 9.87. The van der Waals surface area contributed by atoms with Gasteiger partial charge >= 0.3 is 5.97 Å². The Bertz CT molecular complexity index is 3030. The van der Waals surface area contributed by atoms with Crippen LogP contribution in [0.1, 0.15) is 104 Å². The number of aryl methyl sites for hydroxylation is 1. The van der Waals surface area contributed by atoms with Gasteiger partial charge in [-0.15, -0.1) is 0 Å². The molecule has 0 saturated heterocycles. The summed E-state index contributed by atoms with van der Waals surface area (Å²) in [5.74, 6) is -2.62. The maximum absolute atomic E-state index is 13.9. The molecule has 71 heavy (non-hydrogen) atoms. The number of esters is 1. The molecule has 0 spiro atoms. The minimum atomic E-state index is -1.95. The van der Waals surface area contributed by atoms with Crippen LogP contribution in [-0.2, 0) is 21.4 Å². The van der Waals surface area contributed by atoms with Crippen LogP contribution in [0.5, 0.6) is 11.5 Å². The van der Waals surface area contributed by atoms with Crippen molar-refractivity contribution < 1.29 is 43.1 Å². The second-order valence-corrected chi connectivity index (χ2v) is 18.7. The first-order chi connectivity index (χ1) is 33.5. The number of aromatic nitrogens is 2. The molecule has 0 aliphatic heterocycles. The SMILES string of the molecule is C=CCOc1c(C(=O)Nc2ccc(C(=O)OC(C)(C)C)cc2)ccc(NC(=O)c2ccc(NC(=O)C(NC(=O)C3=CC=C(c4nc5cc(C#N)ccc5n4C)C(C)C3)C(C)(C)[N+](=O)[O-])cc2)c1OC(C)C. The molecule has 4 aromatic carbocycles. The van der Waals surface area contributed by atoms with E-state index in [0.717, 1.165) is 11.1 Å². The first-order valence-corrected chi connectivity index (χ1v) is 22.7. The fourth-order valence-corrected chi connectivity index (χ4v) is 7.56. The van der Waals surface area contributed by atoms with Crippen molar-refractivity contribution in [1.82, 2.24) is 14.9 Å². The van der Waals surface area contributed by atoms with Crippen LogP contribution < -0.4 is 30.7 Å². The number of fused-ring (bicyclic) bond motifs is 1. The number of carbonyl (C=O) groups is 5. The third-order valence-corrected chi connectivity index (χ3v) is 11.3. The van der Waals surface area contributed by atoms with E-state index in [1.807, 2.05) is 24.6 Å². The average Bonchev–Trinajstić information content (AvgIpc) is 3.64. The fourth-order valence-electron chi connectivity index (χ4n) is 7.56. The average molecular weight is 965 g/mol. The normalized spacial score (nSPS) is 14.0. The quantitative estimate of drug-likeness (QED) is 0.0296. The number of allylic oxidation sites excluding steroid dienone is 3. The van der Waals surface area contributed by atoms with Gasteiger partial charge in [0.1, 0.15) is 18.0 Å². The zero-order valence-electron chi connectivity index (χ0n) is 41.0. The van der Waals surface area contributed by atoms with Gasteiger partial charge in [0, 0.05) is 48.3 Å². The highest BCUT2D eigenvalue weighted by Crippen LogP contribution is 2.41. The number of imidazole rings is 1. The Balaban J connectivity index is 1.17. The maximum atomic E-state index is 13.9. The van der Waals surface area contributed by atoms with E-state index >= 15 is 0 Å². The molecule has 4 amide bonds. The van der Waals surface area contributed by atoms with E-state index in [1.54, 1.807) is 71.0 Å². The van der Waals surface area contributed by atoms with Crippen LogP contribution in [0.15, 0.2) is 109 Å². The zero-order chi connectivity index (χ0) is 51.9. The number of benzene rings is 4. The fraction of sp³-hybridized carbons (Fsp3) is 0.302. The molecule has 4 N–H and O–H groups in total. The van der Waals surface area contributed by atoms with Gasteiger partial charge in [-0.25, -0.2) is 9.78 Å². The number of hydrogen-bond acceptors (Lipinski definition) is 12. The Labute approximate surface area is 410 Å². The van der Waals surface area contributed by atoms with Gasteiger partial charge < -0.3 is 40.0 Å². The predicted octanol–water partition coefficient (Wildman–Crippen LogP) is 8.79. The number of anilines is 3. The molecule has 0 saturated carbocycles. The van der Waals surface area contributed by atoms with Gasteiger partial charge in [-0.3, -0.25) is 29.3 Å². The minimum absolute atomic E-state index is 0.0140. The Morgan fingerprint density at radius 2 is 1.54 bits per heavy atom. The highest BCUT2D eigenvalue weighted by molar-refractivity contribution is 6.10. The van der Waals surface area contributed by atoms with Crippen LogP contribution in [-0.4, -0.2) is 74.0 Å². The summed E-state index contributed by atoms with van der Waals surface area (Å²) in [6.07, 6.45) is 4.68. The molecule has 368 valence electrons. The number of nitrogens with one attached hydrogen (secondary N) is 4. The van der Waals surface area contributed by atoms with Gasteiger partial charge in [0.2, 0.25) is 11.4 Å². The van der Waals surface area contributed by atoms with Crippen LogP contribution in [0.4, 0.5) is 17.1 Å². The summed E-state index contributed by atoms with van der Waals surface area (Å²) in [5, 5.41) is 32.5. The number of amides is 4. The number of rotatable bonds is 17. The summed E-state index contributed by atoms with van der Waals surface area (Å²) in [4.78, 5) is 84.0. The molecule has 2 unspecified atom stereocenters. The monoisotopic (exact) mass is 964 g/mol. The van der Waals surface area contributed by atoms with Crippen LogP contribution in [0, 0.1) is 27.4 Å². The Morgan fingerprint density at radius 3 is 2.13 bits per heavy atom. The molecule has 18 nitrogen and oxygen atoms in total. The van der Waals surface area contributed by atoms with Crippen molar-refractivity contribution in [2.24, 2.45) is 13.0 Å². The molecule has 1 aromatic heterocycles. The van der Waals surface area contributed by atoms with Crippen LogP contribution in [0.2, 0.25) is 0 Å². The van der Waals surface area contributed by atoms with Crippen molar-refractivity contribution in [3.63, 3.8) is 0 Å². The molecule has 1 heterocycles. The molecule has 0 fully saturated rings. The van der Waals surface area contributed by atoms with Crippen molar-refractivity contribution >= 4 is 63.3 Å². The van der Waals surface area contributed by atoms with E-state index in [0.29, 0.717) is 33.7 Å². The highest BCUT2D eigenvalue weighted by atomic mass is 16.6. The summed E-state index contributed by atoms with van der Waals surface area (Å²) in [5.41, 5.74) is 1.76. The summed E-state index contributed by atoms with van der Waals surface area (Å²) < 4.78 is 19.4. The number of hydrogen-bond donors (Lipinski definition) is 4. The lowest BCUT2D eigenvalue weighted by Gasteiger charge is -2.28. The minimum Gasteiger partial charge on any atom is -0.485 e. The Morgan fingerprint density at radius 1 is 0.887 bits per heavy atom. The molecule has 5 aromatic rings. The Hall–Kier alpha value is -8.59. The molecule has 18 heteroatoms. The second kappa shape index (κ2) is 21.4. The van der Waals surface area contributed by atoms with Crippen LogP contribution >= 0.6 is 0 Å². The standard InChI is InChI=1S/C53H56N8O10/c1-11-26-69-43-39(49(64)55-36-20-15-34(16-21-36)51(66)71-52(5,6)7)23-24-40(44(43)70-30(2)3)58-47(62)33-13-18-37(19-14-33)56-50(65)45(53(8,9)61(67)68)59-48(63)35-17-22-38(31(4)27-35)46-57-41-28-32(29-54)12-25-42(41)60(46)10/h11-25,28,30-31,45H,1,26-27H2,2-10H3,(H,55,64)(H,56,65)(H,58,62)(H,59,63). The smallest absolute Gasteiger partial charge is 0.338 e. The summed E-state index contributed by atoms with van der Waals surface area (Å²) in [6.45, 7) is 16.9. The summed E-state index contributed by atoms with van der Waals surface area (Å²) >= 11 is 0. The number of carbonyl (C=O) groups excluding carboxylic acids is 5. The van der Waals surface area contributed by atoms with E-state index < -0.39 is 57.8 Å². The van der Waals surface area contributed by atoms with Crippen molar-refractivity contribution in [2.75, 3.05) is 22.6 Å². The van der Waals surface area contributed by atoms with Gasteiger partial charge in [-0.2, -0.15) is 5.26 Å². The van der Waals surface area contributed by atoms with Crippen LogP contribution in [0.25, 0.3) is 16.6 Å². The lowest BCUT2D eigenvalue weighted by molar-refractivity contribution is -0.562. The third-order valence-electron chi connectivity index (χ3n) is 11.3. The molecular formula is C53H56N8O10. The van der Waals surface area contributed by atoms with Crippen LogP contribution in [0.3, 0.4) is 0 Å². The van der Waals surface area contributed by atoms with Crippen molar-refractivity contribution in [1.29, 1.82) is 5.26 Å². The lowest BCUT2D eigenvalue weighted by Crippen LogP contribution is -2.59. The van der Waals surface area contributed by atoms with E-state index in [4.69, 9.17) is 19.2 Å². The van der Waals surface area contributed by atoms with E-state index in [-0.39, 0.29) is 52.9 Å². The maximum Gasteiger partial charge on any atom is 0.338 e. The number of nitro groups is 1. The van der Waals surface area contributed by atoms with Gasteiger partial charge in [-0.05, 0) is 131 Å². The number of ether oxygens (including phenoxy) is 3. The number of nitriles is 1. The van der Waals surface area contributed by atoms with Crippen molar-refractivity contribution in [2.45, 2.75) is 85.1 Å². The topological polar surface area (TPSA) is 246 Å².